The van der Waals surface area contributed by atoms with Crippen LogP contribution in [-0.2, 0) is 0 Å². The Kier molecular flexibility index (Phi) is 6.22. The lowest BCUT2D eigenvalue weighted by Gasteiger charge is -2.29. The van der Waals surface area contributed by atoms with E-state index in [1.165, 1.54) is 0 Å². The van der Waals surface area contributed by atoms with Crippen molar-refractivity contribution in [1.82, 2.24) is 0 Å². The van der Waals surface area contributed by atoms with Crippen LogP contribution in [0, 0.1) is 11.3 Å². The molecule has 1 aliphatic heterocycles. The van der Waals surface area contributed by atoms with E-state index in [0.29, 0.717) is 16.7 Å². The van der Waals surface area contributed by atoms with E-state index in [4.69, 9.17) is 0 Å². The monoisotopic (exact) mass is 474 g/mol. The van der Waals surface area contributed by atoms with E-state index in [-0.39, 0.29) is 18.0 Å². The van der Waals surface area contributed by atoms with E-state index >= 15 is 0 Å². The van der Waals surface area contributed by atoms with Gasteiger partial charge < -0.3 is 4.90 Å². The molecule has 4 aromatic carbocycles. The summed E-state index contributed by atoms with van der Waals surface area (Å²) in [6, 6.07) is 32.0. The Morgan fingerprint density at radius 2 is 1.51 bits per heavy atom. The minimum Gasteiger partial charge on any atom is -0.343 e. The highest BCUT2D eigenvalue weighted by molar-refractivity contribution is 7.99. The maximum Gasteiger partial charge on any atom is 0.170 e. The topological polar surface area (TPSA) is 61.2 Å². The first-order valence-electron chi connectivity index (χ1n) is 11.3. The molecule has 1 atom stereocenters. The van der Waals surface area contributed by atoms with Gasteiger partial charge in [0.15, 0.2) is 11.6 Å². The first-order chi connectivity index (χ1) is 17.0. The first-order valence-corrected chi connectivity index (χ1v) is 12.1. The average Bonchev–Trinajstić information content (AvgIpc) is 2.91. The molecule has 5 heteroatoms. The van der Waals surface area contributed by atoms with Gasteiger partial charge in [-0.2, -0.15) is 5.26 Å². The molecule has 0 radical (unpaired) electrons. The third-order valence-corrected chi connectivity index (χ3v) is 7.41. The van der Waals surface area contributed by atoms with Crippen LogP contribution in [0.3, 0.4) is 0 Å². The molecule has 0 fully saturated rings. The smallest absolute Gasteiger partial charge is 0.170 e. The summed E-state index contributed by atoms with van der Waals surface area (Å²) >= 11 is 1.64. The lowest BCUT2D eigenvalue weighted by molar-refractivity contribution is 0.0893. The van der Waals surface area contributed by atoms with Gasteiger partial charge in [0, 0.05) is 34.4 Å². The SMILES string of the molecule is CN1c2ccccc2Sc2cc(C(=O)C(CC(=O)c3ccccc3)c3ccc(C#N)cc3)ccc21. The Bertz CT molecular complexity index is 1460. The number of anilines is 2. The van der Waals surface area contributed by atoms with Gasteiger partial charge in [0.25, 0.3) is 0 Å². The van der Waals surface area contributed by atoms with Crippen molar-refractivity contribution in [1.29, 1.82) is 5.26 Å². The molecular weight excluding hydrogens is 452 g/mol. The molecule has 0 bridgehead atoms. The van der Waals surface area contributed by atoms with Crippen LogP contribution in [-0.4, -0.2) is 18.6 Å². The van der Waals surface area contributed by atoms with E-state index < -0.39 is 5.92 Å². The normalized spacial score (nSPS) is 12.7. The van der Waals surface area contributed by atoms with Crippen molar-refractivity contribution in [3.8, 4) is 6.07 Å². The summed E-state index contributed by atoms with van der Waals surface area (Å²) in [6.07, 6.45) is 0.0573. The van der Waals surface area contributed by atoms with Crippen molar-refractivity contribution in [2.45, 2.75) is 22.1 Å². The van der Waals surface area contributed by atoms with Crippen LogP contribution in [0.5, 0.6) is 0 Å². The number of nitrogens with zero attached hydrogens (tertiary/aromatic N) is 2. The maximum absolute atomic E-state index is 13.8. The lowest BCUT2D eigenvalue weighted by atomic mass is 9.85. The molecule has 0 amide bonds. The lowest BCUT2D eigenvalue weighted by Crippen LogP contribution is -2.19. The summed E-state index contributed by atoms with van der Waals surface area (Å²) in [5, 5.41) is 9.17. The second kappa shape index (κ2) is 9.61. The Labute approximate surface area is 208 Å². The zero-order valence-corrected chi connectivity index (χ0v) is 20.0. The van der Waals surface area contributed by atoms with Gasteiger partial charge >= 0.3 is 0 Å². The Balaban J connectivity index is 1.50. The fraction of sp³-hybridized carbons (Fsp3) is 0.100. The molecule has 1 heterocycles. The number of fused-ring (bicyclic) bond motifs is 2. The summed E-state index contributed by atoms with van der Waals surface area (Å²) in [6.45, 7) is 0. The van der Waals surface area contributed by atoms with Gasteiger partial charge in [-0.3, -0.25) is 9.59 Å². The number of hydrogen-bond acceptors (Lipinski definition) is 5. The predicted octanol–water partition coefficient (Wildman–Crippen LogP) is 7.03. The number of carbonyl (C=O) groups is 2. The van der Waals surface area contributed by atoms with Crippen LogP contribution >= 0.6 is 11.8 Å². The molecule has 4 aromatic rings. The molecule has 0 aliphatic carbocycles. The zero-order valence-electron chi connectivity index (χ0n) is 19.1. The predicted molar refractivity (Wildman–Crippen MR) is 139 cm³/mol. The number of rotatable bonds is 6. The van der Waals surface area contributed by atoms with Crippen LogP contribution in [0.15, 0.2) is 107 Å². The highest BCUT2D eigenvalue weighted by Crippen LogP contribution is 2.47. The standard InChI is InChI=1S/C30H22N2O2S/c1-32-25-9-5-6-10-28(25)35-29-17-23(15-16-26(29)32)30(34)24(21-13-11-20(19-31)12-14-21)18-27(33)22-7-3-2-4-8-22/h2-17,24H,18H2,1H3. The van der Waals surface area contributed by atoms with E-state index in [0.717, 1.165) is 26.7 Å². The third-order valence-electron chi connectivity index (χ3n) is 6.30. The zero-order chi connectivity index (χ0) is 24.4. The summed E-state index contributed by atoms with van der Waals surface area (Å²) in [5.74, 6) is -0.842. The molecule has 35 heavy (non-hydrogen) atoms. The fourth-order valence-electron chi connectivity index (χ4n) is 4.38. The van der Waals surface area contributed by atoms with Gasteiger partial charge in [0.1, 0.15) is 0 Å². The highest BCUT2D eigenvalue weighted by Gasteiger charge is 2.28. The molecular formula is C30H22N2O2S. The minimum atomic E-state index is -0.646. The van der Waals surface area contributed by atoms with Crippen molar-refractivity contribution >= 4 is 34.7 Å². The largest absolute Gasteiger partial charge is 0.343 e. The van der Waals surface area contributed by atoms with Gasteiger partial charge in [0.2, 0.25) is 0 Å². The molecule has 170 valence electrons. The summed E-state index contributed by atoms with van der Waals surface area (Å²) in [4.78, 5) is 31.2. The number of nitriles is 1. The van der Waals surface area contributed by atoms with Crippen molar-refractivity contribution in [2.24, 2.45) is 0 Å². The molecule has 1 aliphatic rings. The minimum absolute atomic E-state index is 0.0573. The second-order valence-electron chi connectivity index (χ2n) is 8.46. The molecule has 0 spiro atoms. The van der Waals surface area contributed by atoms with E-state index in [9.17, 15) is 14.9 Å². The number of benzene rings is 4. The number of carbonyl (C=O) groups excluding carboxylic acids is 2. The summed E-state index contributed by atoms with van der Waals surface area (Å²) < 4.78 is 0. The molecule has 4 nitrogen and oxygen atoms in total. The van der Waals surface area contributed by atoms with Crippen LogP contribution in [0.1, 0.15) is 44.2 Å². The van der Waals surface area contributed by atoms with Gasteiger partial charge in [-0.05, 0) is 48.0 Å². The first kappa shape index (κ1) is 22.6. The number of Topliss-reactive ketones (excluding diaryl/α,β-unsaturated/α-hetero) is 2. The Hall–Kier alpha value is -4.14. The Morgan fingerprint density at radius 3 is 2.26 bits per heavy atom. The number of hydrogen-bond donors (Lipinski definition) is 0. The van der Waals surface area contributed by atoms with Crippen molar-refractivity contribution in [2.75, 3.05) is 11.9 Å². The van der Waals surface area contributed by atoms with Crippen molar-refractivity contribution < 1.29 is 9.59 Å². The Morgan fingerprint density at radius 1 is 0.829 bits per heavy atom. The van der Waals surface area contributed by atoms with Crippen molar-refractivity contribution in [3.05, 3.63) is 119 Å². The molecule has 0 saturated heterocycles. The van der Waals surface area contributed by atoms with Crippen LogP contribution in [0.25, 0.3) is 0 Å². The second-order valence-corrected chi connectivity index (χ2v) is 9.54. The highest BCUT2D eigenvalue weighted by atomic mass is 32.2. The molecule has 0 aromatic heterocycles. The van der Waals surface area contributed by atoms with E-state index in [1.54, 1.807) is 48.2 Å². The van der Waals surface area contributed by atoms with Gasteiger partial charge in [-0.1, -0.05) is 66.4 Å². The van der Waals surface area contributed by atoms with Crippen LogP contribution in [0.2, 0.25) is 0 Å². The summed E-state index contributed by atoms with van der Waals surface area (Å²) in [5.41, 5.74) is 4.57. The number of para-hydroxylation sites is 1. The van der Waals surface area contributed by atoms with Crippen molar-refractivity contribution in [3.63, 3.8) is 0 Å². The third kappa shape index (κ3) is 4.49. The molecule has 1 unspecified atom stereocenters. The van der Waals surface area contributed by atoms with Crippen LogP contribution in [0.4, 0.5) is 11.4 Å². The van der Waals surface area contributed by atoms with Gasteiger partial charge in [0.05, 0.1) is 28.9 Å². The molecule has 0 N–H and O–H groups in total. The average molecular weight is 475 g/mol. The van der Waals surface area contributed by atoms with E-state index in [2.05, 4.69) is 23.1 Å². The van der Waals surface area contributed by atoms with Gasteiger partial charge in [-0.25, -0.2) is 0 Å². The molecule has 5 rings (SSSR count). The van der Waals surface area contributed by atoms with Gasteiger partial charge in [-0.15, -0.1) is 0 Å². The quantitative estimate of drug-likeness (QED) is 0.281. The maximum atomic E-state index is 13.8. The fourth-order valence-corrected chi connectivity index (χ4v) is 5.56. The number of ketones is 2. The molecule has 0 saturated carbocycles. The van der Waals surface area contributed by atoms with Crippen LogP contribution < -0.4 is 4.90 Å². The summed E-state index contributed by atoms with van der Waals surface area (Å²) in [7, 11) is 2.02. The van der Waals surface area contributed by atoms with E-state index in [1.807, 2.05) is 55.6 Å².